The van der Waals surface area contributed by atoms with Crippen molar-refractivity contribution in [3.8, 4) is 0 Å². The lowest BCUT2D eigenvalue weighted by Crippen LogP contribution is -2.31. The maximum Gasteiger partial charge on any atom is 0.254 e. The van der Waals surface area contributed by atoms with Gasteiger partial charge in [0.15, 0.2) is 0 Å². The first-order valence-corrected chi connectivity index (χ1v) is 8.57. The summed E-state index contributed by atoms with van der Waals surface area (Å²) in [6.45, 7) is 2.00. The van der Waals surface area contributed by atoms with Gasteiger partial charge in [-0.1, -0.05) is 42.5 Å². The first-order chi connectivity index (χ1) is 12.3. The Morgan fingerprint density at radius 3 is 2.68 bits per heavy atom. The maximum atomic E-state index is 13.2. The molecule has 2 heterocycles. The van der Waals surface area contributed by atoms with Crippen LogP contribution in [0.25, 0.3) is 0 Å². The summed E-state index contributed by atoms with van der Waals surface area (Å²) in [7, 11) is 0. The molecule has 0 radical (unpaired) electrons. The second-order valence-electron chi connectivity index (χ2n) is 6.35. The first-order valence-electron chi connectivity index (χ1n) is 8.57. The second-order valence-corrected chi connectivity index (χ2v) is 6.35. The largest absolute Gasteiger partial charge is 0.334 e. The molecular weight excluding hydrogens is 312 g/mol. The summed E-state index contributed by atoms with van der Waals surface area (Å²) in [5.74, 6) is 0.0902. The molecule has 2 aromatic carbocycles. The van der Waals surface area contributed by atoms with E-state index in [0.717, 1.165) is 30.5 Å². The van der Waals surface area contributed by atoms with Crippen molar-refractivity contribution in [3.63, 3.8) is 0 Å². The third-order valence-electron chi connectivity index (χ3n) is 4.69. The van der Waals surface area contributed by atoms with Gasteiger partial charge in [0.05, 0.1) is 6.54 Å². The van der Waals surface area contributed by atoms with Crippen LogP contribution >= 0.6 is 0 Å². The Labute approximate surface area is 146 Å². The van der Waals surface area contributed by atoms with Gasteiger partial charge in [0, 0.05) is 18.7 Å². The molecule has 0 aliphatic carbocycles. The topological polar surface area (TPSA) is 51.0 Å². The van der Waals surface area contributed by atoms with E-state index in [0.29, 0.717) is 13.1 Å². The second kappa shape index (κ2) is 6.89. The molecule has 5 heteroatoms. The molecule has 0 saturated heterocycles. The Morgan fingerprint density at radius 1 is 1.04 bits per heavy atom. The monoisotopic (exact) mass is 332 g/mol. The molecule has 0 bridgehead atoms. The molecule has 0 N–H and O–H groups in total. The smallest absolute Gasteiger partial charge is 0.254 e. The molecule has 1 amide bonds. The molecule has 3 aromatic rings. The van der Waals surface area contributed by atoms with Crippen molar-refractivity contribution < 1.29 is 4.79 Å². The molecular formula is C20H20N4O. The molecule has 126 valence electrons. The number of amides is 1. The molecule has 0 unspecified atom stereocenters. The molecule has 0 spiro atoms. The molecule has 4 rings (SSSR count). The summed E-state index contributed by atoms with van der Waals surface area (Å²) >= 11 is 0. The van der Waals surface area contributed by atoms with E-state index in [1.165, 1.54) is 17.5 Å². The van der Waals surface area contributed by atoms with Crippen LogP contribution in [0.3, 0.4) is 0 Å². The highest BCUT2D eigenvalue weighted by Crippen LogP contribution is 2.21. The van der Waals surface area contributed by atoms with Gasteiger partial charge in [0.25, 0.3) is 5.91 Å². The minimum Gasteiger partial charge on any atom is -0.334 e. The zero-order valence-electron chi connectivity index (χ0n) is 14.0. The molecule has 1 aromatic heterocycles. The van der Waals surface area contributed by atoms with E-state index in [2.05, 4.69) is 28.3 Å². The number of benzene rings is 2. The van der Waals surface area contributed by atoms with Crippen LogP contribution in [-0.2, 0) is 19.5 Å². The first kappa shape index (κ1) is 15.6. The molecule has 0 atom stereocenters. The average molecular weight is 332 g/mol. The lowest BCUT2D eigenvalue weighted by Gasteiger charge is -2.22. The zero-order valence-corrected chi connectivity index (χ0v) is 14.0. The van der Waals surface area contributed by atoms with Crippen LogP contribution in [0.4, 0.5) is 0 Å². The molecule has 25 heavy (non-hydrogen) atoms. The van der Waals surface area contributed by atoms with E-state index >= 15 is 0 Å². The van der Waals surface area contributed by atoms with Gasteiger partial charge in [-0.25, -0.2) is 9.67 Å². The van der Waals surface area contributed by atoms with Gasteiger partial charge in [-0.3, -0.25) is 4.79 Å². The van der Waals surface area contributed by atoms with E-state index in [1.54, 1.807) is 11.0 Å². The van der Waals surface area contributed by atoms with Gasteiger partial charge >= 0.3 is 0 Å². The van der Waals surface area contributed by atoms with Crippen molar-refractivity contribution in [2.45, 2.75) is 25.9 Å². The van der Waals surface area contributed by atoms with Crippen molar-refractivity contribution in [1.82, 2.24) is 19.7 Å². The number of hydrogen-bond donors (Lipinski definition) is 0. The Morgan fingerprint density at radius 2 is 1.84 bits per heavy atom. The van der Waals surface area contributed by atoms with Crippen molar-refractivity contribution >= 4 is 5.91 Å². The summed E-state index contributed by atoms with van der Waals surface area (Å²) in [5.41, 5.74) is 4.32. The van der Waals surface area contributed by atoms with Crippen LogP contribution in [0.15, 0.2) is 61.2 Å². The summed E-state index contributed by atoms with van der Waals surface area (Å²) in [4.78, 5) is 19.1. The van der Waals surface area contributed by atoms with Crippen molar-refractivity contribution in [3.05, 3.63) is 83.4 Å². The van der Waals surface area contributed by atoms with E-state index < -0.39 is 0 Å². The summed E-state index contributed by atoms with van der Waals surface area (Å²) in [5, 5.41) is 4.15. The number of rotatable bonds is 3. The Kier molecular flexibility index (Phi) is 4.29. The van der Waals surface area contributed by atoms with E-state index in [9.17, 15) is 4.79 Å². The summed E-state index contributed by atoms with van der Waals surface area (Å²) in [6, 6.07) is 16.2. The molecule has 1 aliphatic heterocycles. The number of carbonyl (C=O) groups excluding carboxylic acids is 1. The van der Waals surface area contributed by atoms with Crippen LogP contribution in [-0.4, -0.2) is 32.1 Å². The van der Waals surface area contributed by atoms with Gasteiger partial charge in [0.1, 0.15) is 12.7 Å². The highest BCUT2D eigenvalue weighted by atomic mass is 16.2. The summed E-state index contributed by atoms with van der Waals surface area (Å²) in [6.07, 6.45) is 5.20. The van der Waals surface area contributed by atoms with Crippen LogP contribution in [0.1, 0.15) is 33.5 Å². The van der Waals surface area contributed by atoms with Crippen LogP contribution in [0.5, 0.6) is 0 Å². The number of carbonyl (C=O) groups is 1. The third kappa shape index (κ3) is 3.31. The van der Waals surface area contributed by atoms with Gasteiger partial charge < -0.3 is 4.90 Å². The minimum atomic E-state index is 0.0902. The predicted molar refractivity (Wildman–Crippen MR) is 95.1 cm³/mol. The highest BCUT2D eigenvalue weighted by Gasteiger charge is 2.22. The number of aryl methyl sites for hydroxylation is 1. The fourth-order valence-electron chi connectivity index (χ4n) is 3.40. The average Bonchev–Trinajstić information content (AvgIpc) is 3.05. The lowest BCUT2D eigenvalue weighted by atomic mass is 10.0. The van der Waals surface area contributed by atoms with Gasteiger partial charge in [-0.2, -0.15) is 5.10 Å². The van der Waals surface area contributed by atoms with Gasteiger partial charge in [-0.05, 0) is 35.6 Å². The fraction of sp³-hybridized carbons (Fsp3) is 0.250. The molecule has 0 fully saturated rings. The Balaban J connectivity index is 1.61. The third-order valence-corrected chi connectivity index (χ3v) is 4.69. The number of fused-ring (bicyclic) bond motifs is 1. The zero-order chi connectivity index (χ0) is 17.1. The molecule has 5 nitrogen and oxygen atoms in total. The SMILES string of the molecule is O=C(c1ccccc1Cn1cncn1)N1CCCc2ccccc2C1. The quantitative estimate of drug-likeness (QED) is 0.741. The fourth-order valence-corrected chi connectivity index (χ4v) is 3.40. The van der Waals surface area contributed by atoms with Crippen LogP contribution < -0.4 is 0 Å². The Bertz CT molecular complexity index is 873. The van der Waals surface area contributed by atoms with Gasteiger partial charge in [0.2, 0.25) is 0 Å². The predicted octanol–water partition coefficient (Wildman–Crippen LogP) is 2.92. The van der Waals surface area contributed by atoms with E-state index in [-0.39, 0.29) is 5.91 Å². The van der Waals surface area contributed by atoms with Crippen LogP contribution in [0.2, 0.25) is 0 Å². The highest BCUT2D eigenvalue weighted by molar-refractivity contribution is 5.95. The lowest BCUT2D eigenvalue weighted by molar-refractivity contribution is 0.0744. The maximum absolute atomic E-state index is 13.2. The number of hydrogen-bond acceptors (Lipinski definition) is 3. The normalized spacial score (nSPS) is 14.0. The van der Waals surface area contributed by atoms with Gasteiger partial charge in [-0.15, -0.1) is 0 Å². The number of nitrogens with zero attached hydrogens (tertiary/aromatic N) is 4. The Hall–Kier alpha value is -2.95. The van der Waals surface area contributed by atoms with Crippen molar-refractivity contribution in [2.24, 2.45) is 0 Å². The van der Waals surface area contributed by atoms with E-state index in [4.69, 9.17) is 0 Å². The van der Waals surface area contributed by atoms with E-state index in [1.807, 2.05) is 35.2 Å². The standard InChI is InChI=1S/C20H20N4O/c25-20(23-11-5-9-16-6-1-2-7-17(16)12-23)19-10-4-3-8-18(19)13-24-15-21-14-22-24/h1-4,6-8,10,14-15H,5,9,11-13H2. The van der Waals surface area contributed by atoms with Crippen LogP contribution in [0, 0.1) is 0 Å². The minimum absolute atomic E-state index is 0.0902. The number of aromatic nitrogens is 3. The summed E-state index contributed by atoms with van der Waals surface area (Å²) < 4.78 is 1.74. The molecule has 1 aliphatic rings. The van der Waals surface area contributed by atoms with Crippen molar-refractivity contribution in [2.75, 3.05) is 6.54 Å². The van der Waals surface area contributed by atoms with Crippen molar-refractivity contribution in [1.29, 1.82) is 0 Å². The molecule has 0 saturated carbocycles.